The minimum Gasteiger partial charge on any atom is -0.347 e. The van der Waals surface area contributed by atoms with E-state index in [1.807, 2.05) is 11.8 Å². The smallest absolute Gasteiger partial charge is 0.271 e. The predicted molar refractivity (Wildman–Crippen MR) is 78.9 cm³/mol. The first-order valence-corrected chi connectivity index (χ1v) is 8.20. The number of hydrogen-bond acceptors (Lipinski definition) is 3. The third kappa shape index (κ3) is 3.69. The van der Waals surface area contributed by atoms with Crippen LogP contribution < -0.4 is 5.32 Å². The molecular weight excluding hydrogens is 331 g/mol. The van der Waals surface area contributed by atoms with E-state index >= 15 is 0 Å². The molecule has 1 aliphatic carbocycles. The van der Waals surface area contributed by atoms with Crippen molar-refractivity contribution in [3.05, 3.63) is 28.2 Å². The Morgan fingerprint density at radius 1 is 1.58 bits per heavy atom. The lowest BCUT2D eigenvalue weighted by molar-refractivity contribution is 0.0931. The van der Waals surface area contributed by atoms with Crippen molar-refractivity contribution in [1.29, 1.82) is 0 Å². The molecule has 0 aliphatic heterocycles. The van der Waals surface area contributed by atoms with E-state index in [2.05, 4.69) is 33.2 Å². The quantitative estimate of drug-likeness (QED) is 0.849. The molecule has 6 heteroatoms. The Balaban J connectivity index is 2.06. The van der Waals surface area contributed by atoms with Crippen LogP contribution in [-0.2, 0) is 0 Å². The molecule has 0 bridgehead atoms. The molecule has 104 valence electrons. The molecule has 1 aromatic rings. The molecule has 1 amide bonds. The van der Waals surface area contributed by atoms with Gasteiger partial charge in [-0.3, -0.25) is 4.79 Å². The van der Waals surface area contributed by atoms with Gasteiger partial charge >= 0.3 is 0 Å². The number of rotatable bonds is 4. The molecule has 2 unspecified atom stereocenters. The molecule has 0 saturated heterocycles. The van der Waals surface area contributed by atoms with E-state index in [1.165, 1.54) is 12.1 Å². The summed E-state index contributed by atoms with van der Waals surface area (Å²) in [7, 11) is 0. The van der Waals surface area contributed by atoms with Crippen molar-refractivity contribution in [2.75, 3.05) is 5.75 Å². The molecule has 1 aromatic heterocycles. The van der Waals surface area contributed by atoms with Crippen LogP contribution in [-0.4, -0.2) is 27.9 Å². The van der Waals surface area contributed by atoms with Crippen molar-refractivity contribution in [3.8, 4) is 0 Å². The summed E-state index contributed by atoms with van der Waals surface area (Å²) in [5.74, 6) is 0.0955. The van der Waals surface area contributed by atoms with Gasteiger partial charge in [-0.15, -0.1) is 0 Å². The molecule has 2 rings (SSSR count). The van der Waals surface area contributed by atoms with Gasteiger partial charge in [0.25, 0.3) is 5.91 Å². The third-order valence-electron chi connectivity index (χ3n) is 3.18. The zero-order valence-electron chi connectivity index (χ0n) is 10.7. The van der Waals surface area contributed by atoms with Crippen LogP contribution in [0.15, 0.2) is 16.6 Å². The number of halogens is 2. The van der Waals surface area contributed by atoms with Crippen LogP contribution in [0.25, 0.3) is 0 Å². The monoisotopic (exact) mass is 346 g/mol. The number of carbonyl (C=O) groups excluding carboxylic acids is 1. The van der Waals surface area contributed by atoms with E-state index in [0.717, 1.165) is 25.0 Å². The first-order valence-electron chi connectivity index (χ1n) is 6.36. The first-order chi connectivity index (χ1) is 9.11. The number of pyridine rings is 1. The van der Waals surface area contributed by atoms with Crippen molar-refractivity contribution in [3.63, 3.8) is 0 Å². The average molecular weight is 347 g/mol. The van der Waals surface area contributed by atoms with Crippen molar-refractivity contribution >= 4 is 33.6 Å². The number of nitrogens with zero attached hydrogens (tertiary/aromatic N) is 1. The number of carbonyl (C=O) groups is 1. The zero-order chi connectivity index (χ0) is 13.8. The summed E-state index contributed by atoms with van der Waals surface area (Å²) in [6.07, 6.45) is 3.23. The maximum absolute atomic E-state index is 13.1. The van der Waals surface area contributed by atoms with E-state index in [1.54, 1.807) is 0 Å². The summed E-state index contributed by atoms with van der Waals surface area (Å²) in [5.41, 5.74) is 0.118. The predicted octanol–water partition coefficient (Wildman–Crippen LogP) is 3.39. The van der Waals surface area contributed by atoms with Crippen LogP contribution in [0.5, 0.6) is 0 Å². The van der Waals surface area contributed by atoms with Crippen LogP contribution in [0.3, 0.4) is 0 Å². The highest BCUT2D eigenvalue weighted by Gasteiger charge is 2.29. The van der Waals surface area contributed by atoms with E-state index in [-0.39, 0.29) is 17.6 Å². The first kappa shape index (κ1) is 14.8. The summed E-state index contributed by atoms with van der Waals surface area (Å²) >= 11 is 5.10. The van der Waals surface area contributed by atoms with Gasteiger partial charge in [-0.1, -0.05) is 13.3 Å². The number of amides is 1. The summed E-state index contributed by atoms with van der Waals surface area (Å²) in [4.78, 5) is 15.8. The Morgan fingerprint density at radius 2 is 2.37 bits per heavy atom. The van der Waals surface area contributed by atoms with E-state index in [0.29, 0.717) is 9.72 Å². The second-order valence-electron chi connectivity index (χ2n) is 4.47. The maximum atomic E-state index is 13.1. The zero-order valence-corrected chi connectivity index (χ0v) is 13.1. The maximum Gasteiger partial charge on any atom is 0.271 e. The van der Waals surface area contributed by atoms with Gasteiger partial charge in [0.1, 0.15) is 5.69 Å². The highest BCUT2D eigenvalue weighted by atomic mass is 79.9. The number of aromatic nitrogens is 1. The fourth-order valence-electron chi connectivity index (χ4n) is 2.32. The highest BCUT2D eigenvalue weighted by molar-refractivity contribution is 9.10. The number of nitrogens with one attached hydrogen (secondary N) is 1. The molecule has 3 nitrogen and oxygen atoms in total. The van der Waals surface area contributed by atoms with E-state index < -0.39 is 5.95 Å². The van der Waals surface area contributed by atoms with Gasteiger partial charge in [0.2, 0.25) is 5.95 Å². The summed E-state index contributed by atoms with van der Waals surface area (Å²) in [6, 6.07) is 2.89. The lowest BCUT2D eigenvalue weighted by Gasteiger charge is -2.20. The fourth-order valence-corrected chi connectivity index (χ4v) is 3.92. The van der Waals surface area contributed by atoms with Crippen LogP contribution in [0, 0.1) is 5.95 Å². The summed E-state index contributed by atoms with van der Waals surface area (Å²) in [6.45, 7) is 2.12. The van der Waals surface area contributed by atoms with Crippen LogP contribution in [0.2, 0.25) is 0 Å². The average Bonchev–Trinajstić information content (AvgIpc) is 2.80. The number of thioether (sulfide) groups is 1. The fraction of sp³-hybridized carbons (Fsp3) is 0.538. The second kappa shape index (κ2) is 6.70. The molecule has 1 heterocycles. The molecule has 0 radical (unpaired) electrons. The molecule has 1 N–H and O–H groups in total. The van der Waals surface area contributed by atoms with Gasteiger partial charge in [0.05, 0.1) is 0 Å². The Bertz CT molecular complexity index is 472. The van der Waals surface area contributed by atoms with Gasteiger partial charge in [0, 0.05) is 15.8 Å². The second-order valence-corrected chi connectivity index (χ2v) is 6.84. The van der Waals surface area contributed by atoms with Gasteiger partial charge < -0.3 is 5.32 Å². The van der Waals surface area contributed by atoms with Crippen molar-refractivity contribution < 1.29 is 9.18 Å². The molecule has 0 spiro atoms. The minimum absolute atomic E-state index is 0.118. The molecule has 1 fully saturated rings. The molecular formula is C13H16BrFN2OS. The molecule has 1 saturated carbocycles. The van der Waals surface area contributed by atoms with E-state index in [4.69, 9.17) is 0 Å². The Morgan fingerprint density at radius 3 is 3.11 bits per heavy atom. The minimum atomic E-state index is -0.640. The lowest BCUT2D eigenvalue weighted by Crippen LogP contribution is -2.39. The SMILES string of the molecule is CCSC1CCCC1NC(=O)c1nc(F)ccc1Br. The number of hydrogen-bond donors (Lipinski definition) is 1. The van der Waals surface area contributed by atoms with Gasteiger partial charge in [-0.2, -0.15) is 16.2 Å². The topological polar surface area (TPSA) is 42.0 Å². The van der Waals surface area contributed by atoms with E-state index in [9.17, 15) is 9.18 Å². The van der Waals surface area contributed by atoms with Gasteiger partial charge in [0.15, 0.2) is 0 Å². The standard InChI is InChI=1S/C13H16BrFN2OS/c1-2-19-10-5-3-4-9(10)16-13(18)12-8(14)6-7-11(15)17-12/h6-7,9-10H,2-5H2,1H3,(H,16,18). The van der Waals surface area contributed by atoms with Crippen LogP contribution in [0.4, 0.5) is 4.39 Å². The lowest BCUT2D eigenvalue weighted by atomic mass is 10.2. The van der Waals surface area contributed by atoms with Crippen molar-refractivity contribution in [2.24, 2.45) is 0 Å². The Hall–Kier alpha value is -0.620. The third-order valence-corrected chi connectivity index (χ3v) is 5.14. The van der Waals surface area contributed by atoms with Gasteiger partial charge in [-0.25, -0.2) is 4.98 Å². The molecule has 2 atom stereocenters. The largest absolute Gasteiger partial charge is 0.347 e. The van der Waals surface area contributed by atoms with Gasteiger partial charge in [-0.05, 0) is 46.7 Å². The van der Waals surface area contributed by atoms with Crippen LogP contribution in [0.1, 0.15) is 36.7 Å². The summed E-state index contributed by atoms with van der Waals surface area (Å²) < 4.78 is 13.6. The van der Waals surface area contributed by atoms with Crippen molar-refractivity contribution in [2.45, 2.75) is 37.5 Å². The molecule has 19 heavy (non-hydrogen) atoms. The molecule has 0 aromatic carbocycles. The summed E-state index contributed by atoms with van der Waals surface area (Å²) in [5, 5.41) is 3.44. The normalized spacial score (nSPS) is 22.5. The Labute approximate surface area is 124 Å². The van der Waals surface area contributed by atoms with Crippen molar-refractivity contribution in [1.82, 2.24) is 10.3 Å². The Kier molecular flexibility index (Phi) is 5.21. The highest BCUT2D eigenvalue weighted by Crippen LogP contribution is 2.30. The van der Waals surface area contributed by atoms with Crippen LogP contribution >= 0.6 is 27.7 Å². The molecule has 1 aliphatic rings.